The van der Waals surface area contributed by atoms with Crippen LogP contribution >= 0.6 is 0 Å². The maximum atomic E-state index is 12.0. The SMILES string of the molecule is COc1cc([N+](=O)[O-])ccc1NC(=O)C[C@@H](NCCCN)C(=O)O. The van der Waals surface area contributed by atoms with E-state index in [0.29, 0.717) is 19.5 Å². The maximum Gasteiger partial charge on any atom is 0.321 e. The third-order valence-electron chi connectivity index (χ3n) is 3.13. The molecule has 0 aliphatic heterocycles. The van der Waals surface area contributed by atoms with Crippen molar-refractivity contribution in [3.05, 3.63) is 28.3 Å². The zero-order chi connectivity index (χ0) is 18.1. The molecule has 24 heavy (non-hydrogen) atoms. The van der Waals surface area contributed by atoms with Crippen LogP contribution in [0.3, 0.4) is 0 Å². The summed E-state index contributed by atoms with van der Waals surface area (Å²) in [6, 6.07) is 2.66. The van der Waals surface area contributed by atoms with Crippen LogP contribution in [-0.4, -0.2) is 48.1 Å². The molecule has 0 aliphatic carbocycles. The third-order valence-corrected chi connectivity index (χ3v) is 3.13. The van der Waals surface area contributed by atoms with E-state index >= 15 is 0 Å². The number of carbonyl (C=O) groups excluding carboxylic acids is 1. The monoisotopic (exact) mass is 340 g/mol. The van der Waals surface area contributed by atoms with Gasteiger partial charge in [0.05, 0.1) is 30.2 Å². The zero-order valence-corrected chi connectivity index (χ0v) is 13.2. The van der Waals surface area contributed by atoms with E-state index < -0.39 is 22.8 Å². The summed E-state index contributed by atoms with van der Waals surface area (Å²) in [7, 11) is 1.31. The molecule has 132 valence electrons. The predicted octanol–water partition coefficient (Wildman–Crippen LogP) is 0.324. The second-order valence-electron chi connectivity index (χ2n) is 4.88. The Balaban J connectivity index is 2.75. The van der Waals surface area contributed by atoms with Gasteiger partial charge in [0, 0.05) is 6.07 Å². The fourth-order valence-corrected chi connectivity index (χ4v) is 1.91. The molecule has 10 heteroatoms. The van der Waals surface area contributed by atoms with Crippen molar-refractivity contribution in [2.75, 3.05) is 25.5 Å². The molecule has 0 radical (unpaired) electrons. The van der Waals surface area contributed by atoms with Gasteiger partial charge in [-0.25, -0.2) is 0 Å². The summed E-state index contributed by atoms with van der Waals surface area (Å²) < 4.78 is 5.00. The first kappa shape index (κ1) is 19.3. The number of hydrogen-bond donors (Lipinski definition) is 4. The van der Waals surface area contributed by atoms with E-state index in [9.17, 15) is 19.7 Å². The lowest BCUT2D eigenvalue weighted by atomic mass is 10.2. The van der Waals surface area contributed by atoms with Crippen molar-refractivity contribution in [2.24, 2.45) is 5.73 Å². The van der Waals surface area contributed by atoms with E-state index in [-0.39, 0.29) is 23.5 Å². The van der Waals surface area contributed by atoms with Gasteiger partial charge in [0.15, 0.2) is 0 Å². The number of amides is 1. The third kappa shape index (κ3) is 5.82. The second kappa shape index (κ2) is 9.43. The number of nitrogens with two attached hydrogens (primary N) is 1. The van der Waals surface area contributed by atoms with Gasteiger partial charge in [-0.2, -0.15) is 0 Å². The van der Waals surface area contributed by atoms with Crippen LogP contribution in [0, 0.1) is 10.1 Å². The van der Waals surface area contributed by atoms with Crippen molar-refractivity contribution in [1.82, 2.24) is 5.32 Å². The number of nitro groups is 1. The number of carboxylic acids is 1. The van der Waals surface area contributed by atoms with Crippen LogP contribution < -0.4 is 21.1 Å². The highest BCUT2D eigenvalue weighted by molar-refractivity contribution is 5.95. The normalized spacial score (nSPS) is 11.6. The minimum Gasteiger partial charge on any atom is -0.494 e. The summed E-state index contributed by atoms with van der Waals surface area (Å²) >= 11 is 0. The van der Waals surface area contributed by atoms with Crippen LogP contribution in [-0.2, 0) is 9.59 Å². The molecule has 10 nitrogen and oxygen atoms in total. The molecule has 0 aliphatic rings. The van der Waals surface area contributed by atoms with Crippen molar-refractivity contribution in [2.45, 2.75) is 18.9 Å². The number of nitrogens with one attached hydrogen (secondary N) is 2. The second-order valence-corrected chi connectivity index (χ2v) is 4.88. The van der Waals surface area contributed by atoms with Crippen LogP contribution in [0.25, 0.3) is 0 Å². The Morgan fingerprint density at radius 1 is 1.46 bits per heavy atom. The molecule has 1 rings (SSSR count). The van der Waals surface area contributed by atoms with Crippen LogP contribution in [0.2, 0.25) is 0 Å². The fraction of sp³-hybridized carbons (Fsp3) is 0.429. The average molecular weight is 340 g/mol. The number of methoxy groups -OCH3 is 1. The molecule has 0 heterocycles. The van der Waals surface area contributed by atoms with Gasteiger partial charge >= 0.3 is 5.97 Å². The highest BCUT2D eigenvalue weighted by Crippen LogP contribution is 2.29. The number of aliphatic carboxylic acids is 1. The molecule has 1 amide bonds. The van der Waals surface area contributed by atoms with Gasteiger partial charge in [0.2, 0.25) is 5.91 Å². The fourth-order valence-electron chi connectivity index (χ4n) is 1.91. The van der Waals surface area contributed by atoms with E-state index in [1.165, 1.54) is 25.3 Å². The number of nitro benzene ring substituents is 1. The largest absolute Gasteiger partial charge is 0.494 e. The lowest BCUT2D eigenvalue weighted by Gasteiger charge is -2.15. The first-order chi connectivity index (χ1) is 11.4. The Labute approximate surface area is 138 Å². The molecule has 0 saturated heterocycles. The van der Waals surface area contributed by atoms with E-state index in [2.05, 4.69) is 10.6 Å². The smallest absolute Gasteiger partial charge is 0.321 e. The number of nitrogens with zero attached hydrogens (tertiary/aromatic N) is 1. The Bertz CT molecular complexity index is 607. The number of carbonyl (C=O) groups is 2. The zero-order valence-electron chi connectivity index (χ0n) is 13.2. The van der Waals surface area contributed by atoms with E-state index in [1.807, 2.05) is 0 Å². The summed E-state index contributed by atoms with van der Waals surface area (Å²) in [6.07, 6.45) is 0.279. The van der Waals surface area contributed by atoms with Gasteiger partial charge in [-0.15, -0.1) is 0 Å². The molecule has 0 fully saturated rings. The number of hydrogen-bond acceptors (Lipinski definition) is 7. The van der Waals surface area contributed by atoms with Crippen LogP contribution in [0.1, 0.15) is 12.8 Å². The molecule has 0 unspecified atom stereocenters. The first-order valence-electron chi connectivity index (χ1n) is 7.17. The lowest BCUT2D eigenvalue weighted by Crippen LogP contribution is -2.40. The van der Waals surface area contributed by atoms with Crippen LogP contribution in [0.5, 0.6) is 5.75 Å². The van der Waals surface area contributed by atoms with Gasteiger partial charge in [0.1, 0.15) is 11.8 Å². The Morgan fingerprint density at radius 2 is 2.17 bits per heavy atom. The van der Waals surface area contributed by atoms with Crippen molar-refractivity contribution >= 4 is 23.3 Å². The molecular weight excluding hydrogens is 320 g/mol. The van der Waals surface area contributed by atoms with E-state index in [0.717, 1.165) is 0 Å². The summed E-state index contributed by atoms with van der Waals surface area (Å²) in [5.41, 5.74) is 5.37. The number of anilines is 1. The Hall–Kier alpha value is -2.72. The molecule has 0 spiro atoms. The van der Waals surface area contributed by atoms with Crippen molar-refractivity contribution in [3.63, 3.8) is 0 Å². The summed E-state index contributed by atoms with van der Waals surface area (Å²) in [5.74, 6) is -1.60. The summed E-state index contributed by atoms with van der Waals surface area (Å²) in [4.78, 5) is 33.3. The minimum absolute atomic E-state index is 0.112. The number of ether oxygens (including phenoxy) is 1. The van der Waals surface area contributed by atoms with Gasteiger partial charge in [0.25, 0.3) is 5.69 Å². The molecule has 0 bridgehead atoms. The van der Waals surface area contributed by atoms with Crippen molar-refractivity contribution < 1.29 is 24.4 Å². The molecule has 0 saturated carbocycles. The van der Waals surface area contributed by atoms with E-state index in [4.69, 9.17) is 15.6 Å². The first-order valence-corrected chi connectivity index (χ1v) is 7.17. The Morgan fingerprint density at radius 3 is 2.71 bits per heavy atom. The number of non-ortho nitro benzene ring substituents is 1. The number of rotatable bonds is 10. The molecule has 1 aromatic rings. The van der Waals surface area contributed by atoms with Gasteiger partial charge in [-0.05, 0) is 25.6 Å². The number of benzene rings is 1. The van der Waals surface area contributed by atoms with Gasteiger partial charge in [-0.1, -0.05) is 0 Å². The molecular formula is C14H20N4O6. The standard InChI is InChI=1S/C14H20N4O6/c1-24-12-7-9(18(22)23)3-4-10(12)17-13(19)8-11(14(20)21)16-6-2-5-15/h3-4,7,11,16H,2,5-6,8,15H2,1H3,(H,17,19)(H,20,21)/t11-/m1/s1. The van der Waals surface area contributed by atoms with Gasteiger partial charge in [-0.3, -0.25) is 19.7 Å². The van der Waals surface area contributed by atoms with Crippen molar-refractivity contribution in [1.29, 1.82) is 0 Å². The number of carboxylic acid groups (broad SMARTS) is 1. The van der Waals surface area contributed by atoms with E-state index in [1.54, 1.807) is 0 Å². The lowest BCUT2D eigenvalue weighted by molar-refractivity contribution is -0.384. The molecule has 1 atom stereocenters. The van der Waals surface area contributed by atoms with Crippen LogP contribution in [0.4, 0.5) is 11.4 Å². The van der Waals surface area contributed by atoms with Crippen molar-refractivity contribution in [3.8, 4) is 5.75 Å². The predicted molar refractivity (Wildman–Crippen MR) is 86.0 cm³/mol. The topological polar surface area (TPSA) is 157 Å². The summed E-state index contributed by atoms with van der Waals surface area (Å²) in [5, 5.41) is 25.1. The minimum atomic E-state index is -1.15. The molecule has 1 aromatic carbocycles. The maximum absolute atomic E-state index is 12.0. The Kier molecular flexibility index (Phi) is 7.59. The highest BCUT2D eigenvalue weighted by Gasteiger charge is 2.21. The van der Waals surface area contributed by atoms with Gasteiger partial charge < -0.3 is 26.2 Å². The van der Waals surface area contributed by atoms with Crippen LogP contribution in [0.15, 0.2) is 18.2 Å². The molecule has 0 aromatic heterocycles. The summed E-state index contributed by atoms with van der Waals surface area (Å²) in [6.45, 7) is 0.785. The molecule has 5 N–H and O–H groups in total. The quantitative estimate of drug-likeness (QED) is 0.269. The average Bonchev–Trinajstić information content (AvgIpc) is 2.54. The highest BCUT2D eigenvalue weighted by atomic mass is 16.6.